The van der Waals surface area contributed by atoms with Gasteiger partial charge in [-0.05, 0) is 32.0 Å². The standard InChI is InChI=1S/C15H17ClN2O/c1-10-4-6-14(19-3)13(8-10)11(2)18-12-5-7-15(16)17-9-12/h4-9,11,18H,1-3H3. The molecule has 3 nitrogen and oxygen atoms in total. The van der Waals surface area contributed by atoms with Crippen LogP contribution >= 0.6 is 11.6 Å². The Kier molecular flexibility index (Phi) is 4.27. The van der Waals surface area contributed by atoms with Crippen LogP contribution in [0.4, 0.5) is 5.69 Å². The quantitative estimate of drug-likeness (QED) is 0.849. The number of rotatable bonds is 4. The van der Waals surface area contributed by atoms with Crippen molar-refractivity contribution in [3.05, 3.63) is 52.8 Å². The van der Waals surface area contributed by atoms with Crippen LogP contribution in [0.1, 0.15) is 24.1 Å². The van der Waals surface area contributed by atoms with Crippen molar-refractivity contribution >= 4 is 17.3 Å². The lowest BCUT2D eigenvalue weighted by molar-refractivity contribution is 0.408. The van der Waals surface area contributed by atoms with Crippen LogP contribution in [0, 0.1) is 6.92 Å². The largest absolute Gasteiger partial charge is 0.496 e. The molecule has 2 aromatic rings. The van der Waals surface area contributed by atoms with Crippen LogP contribution in [-0.4, -0.2) is 12.1 Å². The molecule has 1 atom stereocenters. The molecule has 1 aromatic heterocycles. The molecule has 1 heterocycles. The number of aryl methyl sites for hydroxylation is 1. The van der Waals surface area contributed by atoms with Gasteiger partial charge in [0.25, 0.3) is 0 Å². The van der Waals surface area contributed by atoms with Crippen LogP contribution in [-0.2, 0) is 0 Å². The molecule has 0 bridgehead atoms. The molecular formula is C15H17ClN2O. The molecule has 0 aliphatic rings. The minimum atomic E-state index is 0.123. The summed E-state index contributed by atoms with van der Waals surface area (Å²) in [6, 6.07) is 9.96. The SMILES string of the molecule is COc1ccc(C)cc1C(C)Nc1ccc(Cl)nc1. The van der Waals surface area contributed by atoms with Gasteiger partial charge in [-0.2, -0.15) is 0 Å². The molecular weight excluding hydrogens is 260 g/mol. The smallest absolute Gasteiger partial charge is 0.129 e. The second-order valence-corrected chi connectivity index (χ2v) is 4.87. The van der Waals surface area contributed by atoms with Crippen molar-refractivity contribution in [2.24, 2.45) is 0 Å². The first-order valence-electron chi connectivity index (χ1n) is 6.13. The minimum absolute atomic E-state index is 0.123. The Morgan fingerprint density at radius 1 is 1.26 bits per heavy atom. The molecule has 1 N–H and O–H groups in total. The first-order chi connectivity index (χ1) is 9.10. The zero-order chi connectivity index (χ0) is 13.8. The number of methoxy groups -OCH3 is 1. The fourth-order valence-corrected chi connectivity index (χ4v) is 2.09. The van der Waals surface area contributed by atoms with Gasteiger partial charge in [0.15, 0.2) is 0 Å². The zero-order valence-corrected chi connectivity index (χ0v) is 12.0. The fourth-order valence-electron chi connectivity index (χ4n) is 1.98. The van der Waals surface area contributed by atoms with Gasteiger partial charge in [-0.25, -0.2) is 4.98 Å². The molecule has 0 amide bonds. The lowest BCUT2D eigenvalue weighted by atomic mass is 10.0. The number of nitrogens with zero attached hydrogens (tertiary/aromatic N) is 1. The average molecular weight is 277 g/mol. The Balaban J connectivity index is 2.21. The van der Waals surface area contributed by atoms with Crippen LogP contribution in [0.25, 0.3) is 0 Å². The molecule has 2 rings (SSSR count). The Bertz CT molecular complexity index is 555. The predicted octanol–water partition coefficient (Wildman–Crippen LogP) is 4.23. The number of benzene rings is 1. The van der Waals surface area contributed by atoms with E-state index in [1.807, 2.05) is 18.2 Å². The lowest BCUT2D eigenvalue weighted by Crippen LogP contribution is -2.08. The van der Waals surface area contributed by atoms with Crippen molar-refractivity contribution in [1.82, 2.24) is 4.98 Å². The molecule has 0 saturated heterocycles. The highest BCUT2D eigenvalue weighted by atomic mass is 35.5. The first kappa shape index (κ1) is 13.7. The number of hydrogen-bond acceptors (Lipinski definition) is 3. The van der Waals surface area contributed by atoms with Crippen molar-refractivity contribution < 1.29 is 4.74 Å². The Labute approximate surface area is 118 Å². The summed E-state index contributed by atoms with van der Waals surface area (Å²) < 4.78 is 5.40. The van der Waals surface area contributed by atoms with E-state index in [2.05, 4.69) is 30.2 Å². The number of halogens is 1. The summed E-state index contributed by atoms with van der Waals surface area (Å²) in [5.74, 6) is 0.882. The van der Waals surface area contributed by atoms with E-state index in [0.29, 0.717) is 5.15 Å². The minimum Gasteiger partial charge on any atom is -0.496 e. The van der Waals surface area contributed by atoms with Gasteiger partial charge in [-0.15, -0.1) is 0 Å². The highest BCUT2D eigenvalue weighted by Gasteiger charge is 2.11. The molecule has 4 heteroatoms. The van der Waals surface area contributed by atoms with Crippen LogP contribution in [0.2, 0.25) is 5.15 Å². The third kappa shape index (κ3) is 3.38. The lowest BCUT2D eigenvalue weighted by Gasteiger charge is -2.18. The number of ether oxygens (including phenoxy) is 1. The molecule has 100 valence electrons. The van der Waals surface area contributed by atoms with Gasteiger partial charge in [0.1, 0.15) is 10.9 Å². The normalized spacial score (nSPS) is 12.0. The van der Waals surface area contributed by atoms with E-state index in [1.54, 1.807) is 19.4 Å². The number of pyridine rings is 1. The molecule has 0 aliphatic carbocycles. The summed E-state index contributed by atoms with van der Waals surface area (Å²) in [6.07, 6.45) is 1.72. The van der Waals surface area contributed by atoms with Crippen molar-refractivity contribution in [3.8, 4) is 5.75 Å². The molecule has 0 saturated carbocycles. The molecule has 0 spiro atoms. The number of anilines is 1. The van der Waals surface area contributed by atoms with Gasteiger partial charge in [-0.3, -0.25) is 0 Å². The number of nitrogens with one attached hydrogen (secondary N) is 1. The summed E-state index contributed by atoms with van der Waals surface area (Å²) >= 11 is 5.77. The van der Waals surface area contributed by atoms with E-state index >= 15 is 0 Å². The Morgan fingerprint density at radius 3 is 2.68 bits per heavy atom. The number of aromatic nitrogens is 1. The zero-order valence-electron chi connectivity index (χ0n) is 11.3. The maximum absolute atomic E-state index is 5.77. The van der Waals surface area contributed by atoms with Gasteiger partial charge < -0.3 is 10.1 Å². The molecule has 0 fully saturated rings. The van der Waals surface area contributed by atoms with Gasteiger partial charge in [0.05, 0.1) is 25.0 Å². The summed E-state index contributed by atoms with van der Waals surface area (Å²) in [4.78, 5) is 4.06. The maximum atomic E-state index is 5.77. The highest BCUT2D eigenvalue weighted by Crippen LogP contribution is 2.28. The number of hydrogen-bond donors (Lipinski definition) is 1. The third-order valence-corrected chi connectivity index (χ3v) is 3.19. The fraction of sp³-hybridized carbons (Fsp3) is 0.267. The van der Waals surface area contributed by atoms with Crippen LogP contribution < -0.4 is 10.1 Å². The molecule has 0 aliphatic heterocycles. The van der Waals surface area contributed by atoms with E-state index in [-0.39, 0.29) is 6.04 Å². The van der Waals surface area contributed by atoms with Crippen LogP contribution in [0.15, 0.2) is 36.5 Å². The topological polar surface area (TPSA) is 34.1 Å². The summed E-state index contributed by atoms with van der Waals surface area (Å²) in [5.41, 5.74) is 3.26. The van der Waals surface area contributed by atoms with E-state index in [9.17, 15) is 0 Å². The molecule has 19 heavy (non-hydrogen) atoms. The van der Waals surface area contributed by atoms with Crippen molar-refractivity contribution in [1.29, 1.82) is 0 Å². The van der Waals surface area contributed by atoms with Gasteiger partial charge >= 0.3 is 0 Å². The van der Waals surface area contributed by atoms with Gasteiger partial charge in [-0.1, -0.05) is 29.3 Å². The Morgan fingerprint density at radius 2 is 2.05 bits per heavy atom. The first-order valence-corrected chi connectivity index (χ1v) is 6.50. The summed E-state index contributed by atoms with van der Waals surface area (Å²) in [5, 5.41) is 3.88. The Hall–Kier alpha value is -1.74. The second-order valence-electron chi connectivity index (χ2n) is 4.48. The van der Waals surface area contributed by atoms with E-state index in [1.165, 1.54) is 5.56 Å². The second kappa shape index (κ2) is 5.93. The maximum Gasteiger partial charge on any atom is 0.129 e. The summed E-state index contributed by atoms with van der Waals surface area (Å²) in [6.45, 7) is 4.16. The average Bonchev–Trinajstić information content (AvgIpc) is 2.41. The third-order valence-electron chi connectivity index (χ3n) is 2.96. The molecule has 1 unspecified atom stereocenters. The van der Waals surface area contributed by atoms with Gasteiger partial charge in [0.2, 0.25) is 0 Å². The van der Waals surface area contributed by atoms with Crippen molar-refractivity contribution in [2.75, 3.05) is 12.4 Å². The van der Waals surface area contributed by atoms with Crippen molar-refractivity contribution in [3.63, 3.8) is 0 Å². The predicted molar refractivity (Wildman–Crippen MR) is 79.0 cm³/mol. The van der Waals surface area contributed by atoms with E-state index in [0.717, 1.165) is 17.0 Å². The summed E-state index contributed by atoms with van der Waals surface area (Å²) in [7, 11) is 1.69. The van der Waals surface area contributed by atoms with Gasteiger partial charge in [0, 0.05) is 5.56 Å². The van der Waals surface area contributed by atoms with E-state index in [4.69, 9.17) is 16.3 Å². The van der Waals surface area contributed by atoms with Crippen molar-refractivity contribution in [2.45, 2.75) is 19.9 Å². The molecule has 0 radical (unpaired) electrons. The van der Waals surface area contributed by atoms with Crippen LogP contribution in [0.3, 0.4) is 0 Å². The van der Waals surface area contributed by atoms with E-state index < -0.39 is 0 Å². The monoisotopic (exact) mass is 276 g/mol. The molecule has 1 aromatic carbocycles. The van der Waals surface area contributed by atoms with Crippen LogP contribution in [0.5, 0.6) is 5.75 Å². The highest BCUT2D eigenvalue weighted by molar-refractivity contribution is 6.29.